The van der Waals surface area contributed by atoms with Crippen molar-refractivity contribution < 1.29 is 4.74 Å². The summed E-state index contributed by atoms with van der Waals surface area (Å²) >= 11 is 11.1. The van der Waals surface area contributed by atoms with E-state index < -0.39 is 0 Å². The predicted octanol–water partition coefficient (Wildman–Crippen LogP) is 3.78. The van der Waals surface area contributed by atoms with Crippen LogP contribution in [-0.4, -0.2) is 9.97 Å². The molecule has 0 spiro atoms. The Labute approximate surface area is 122 Å². The van der Waals surface area contributed by atoms with Crippen molar-refractivity contribution in [2.75, 3.05) is 0 Å². The van der Waals surface area contributed by atoms with Gasteiger partial charge in [0.25, 0.3) is 0 Å². The Bertz CT molecular complexity index is 643. The Hall–Kier alpha value is -1.65. The van der Waals surface area contributed by atoms with Crippen molar-refractivity contribution in [1.82, 2.24) is 4.98 Å². The molecule has 0 aliphatic heterocycles. The molecule has 19 heavy (non-hydrogen) atoms. The first-order valence-electron chi connectivity index (χ1n) is 5.68. The molecule has 0 aliphatic carbocycles. The molecular formula is C14H13ClN2OS. The number of aryl methyl sites for hydroxylation is 2. The van der Waals surface area contributed by atoms with Crippen LogP contribution in [0.2, 0.25) is 5.02 Å². The zero-order valence-electron chi connectivity index (χ0n) is 10.6. The molecule has 2 rings (SSSR count). The van der Waals surface area contributed by atoms with E-state index in [0.29, 0.717) is 21.6 Å². The summed E-state index contributed by atoms with van der Waals surface area (Å²) in [4.78, 5) is 4.59. The standard InChI is InChI=1S/C14H13ClN2OS/c1-8-3-4-12(11(15)5-8)18-13-7-10(14(16)19)6-9(2)17-13/h3-7H,1-2H3,(H2,16,19). The molecule has 0 fully saturated rings. The molecule has 2 aromatic rings. The Morgan fingerprint density at radius 3 is 2.63 bits per heavy atom. The lowest BCUT2D eigenvalue weighted by Gasteiger charge is -2.09. The molecule has 0 saturated carbocycles. The lowest BCUT2D eigenvalue weighted by molar-refractivity contribution is 0.461. The van der Waals surface area contributed by atoms with Gasteiger partial charge in [0, 0.05) is 17.3 Å². The Balaban J connectivity index is 2.35. The van der Waals surface area contributed by atoms with Crippen LogP contribution in [0.25, 0.3) is 0 Å². The second-order valence-corrected chi connectivity index (χ2v) is 5.08. The maximum Gasteiger partial charge on any atom is 0.220 e. The quantitative estimate of drug-likeness (QED) is 0.875. The predicted molar refractivity (Wildman–Crippen MR) is 81.1 cm³/mol. The van der Waals surface area contributed by atoms with Crippen LogP contribution in [-0.2, 0) is 0 Å². The number of nitrogens with two attached hydrogens (primary N) is 1. The number of halogens is 1. The van der Waals surface area contributed by atoms with Crippen LogP contribution in [0, 0.1) is 13.8 Å². The molecule has 1 aromatic carbocycles. The van der Waals surface area contributed by atoms with Gasteiger partial charge in [0.2, 0.25) is 5.88 Å². The van der Waals surface area contributed by atoms with E-state index in [-0.39, 0.29) is 0 Å². The summed E-state index contributed by atoms with van der Waals surface area (Å²) in [6.07, 6.45) is 0. The minimum Gasteiger partial charge on any atom is -0.437 e. The van der Waals surface area contributed by atoms with Gasteiger partial charge in [-0.1, -0.05) is 29.9 Å². The minimum atomic E-state index is 0.311. The van der Waals surface area contributed by atoms with Gasteiger partial charge in [-0.15, -0.1) is 0 Å². The van der Waals surface area contributed by atoms with Gasteiger partial charge in [-0.3, -0.25) is 0 Å². The maximum absolute atomic E-state index is 6.12. The fourth-order valence-electron chi connectivity index (χ4n) is 1.63. The zero-order valence-corrected chi connectivity index (χ0v) is 12.2. The van der Waals surface area contributed by atoms with Crippen LogP contribution in [0.5, 0.6) is 11.6 Å². The van der Waals surface area contributed by atoms with Crippen LogP contribution in [0.1, 0.15) is 16.8 Å². The molecule has 1 aromatic heterocycles. The maximum atomic E-state index is 6.12. The second kappa shape index (κ2) is 5.55. The van der Waals surface area contributed by atoms with Crippen molar-refractivity contribution in [3.05, 3.63) is 52.2 Å². The van der Waals surface area contributed by atoms with Crippen molar-refractivity contribution >= 4 is 28.8 Å². The summed E-state index contributed by atoms with van der Waals surface area (Å²) in [7, 11) is 0. The van der Waals surface area contributed by atoms with E-state index in [1.54, 1.807) is 6.07 Å². The number of thiocarbonyl (C=S) groups is 1. The Morgan fingerprint density at radius 1 is 1.26 bits per heavy atom. The average molecular weight is 293 g/mol. The Kier molecular flexibility index (Phi) is 4.02. The van der Waals surface area contributed by atoms with E-state index in [9.17, 15) is 0 Å². The SMILES string of the molecule is Cc1ccc(Oc2cc(C(N)=S)cc(C)n2)c(Cl)c1. The van der Waals surface area contributed by atoms with Gasteiger partial charge >= 0.3 is 0 Å². The second-order valence-electron chi connectivity index (χ2n) is 4.24. The van der Waals surface area contributed by atoms with Gasteiger partial charge in [-0.05, 0) is 37.6 Å². The molecule has 0 aliphatic rings. The van der Waals surface area contributed by atoms with Gasteiger partial charge in [0.1, 0.15) is 10.7 Å². The van der Waals surface area contributed by atoms with Gasteiger partial charge in [-0.2, -0.15) is 0 Å². The highest BCUT2D eigenvalue weighted by Crippen LogP contribution is 2.29. The lowest BCUT2D eigenvalue weighted by Crippen LogP contribution is -2.10. The van der Waals surface area contributed by atoms with Gasteiger partial charge in [0.05, 0.1) is 5.02 Å². The van der Waals surface area contributed by atoms with Crippen molar-refractivity contribution in [3.8, 4) is 11.6 Å². The van der Waals surface area contributed by atoms with E-state index in [4.69, 9.17) is 34.3 Å². The Morgan fingerprint density at radius 2 is 2.00 bits per heavy atom. The first-order valence-corrected chi connectivity index (χ1v) is 6.47. The van der Waals surface area contributed by atoms with Crippen LogP contribution < -0.4 is 10.5 Å². The van der Waals surface area contributed by atoms with E-state index in [1.807, 2.05) is 38.1 Å². The topological polar surface area (TPSA) is 48.1 Å². The van der Waals surface area contributed by atoms with Crippen molar-refractivity contribution in [2.45, 2.75) is 13.8 Å². The van der Waals surface area contributed by atoms with Crippen LogP contribution in [0.15, 0.2) is 30.3 Å². The van der Waals surface area contributed by atoms with E-state index in [1.165, 1.54) is 0 Å². The molecule has 0 saturated heterocycles. The molecule has 0 unspecified atom stereocenters. The first-order chi connectivity index (χ1) is 8.95. The minimum absolute atomic E-state index is 0.311. The normalized spacial score (nSPS) is 10.3. The molecule has 5 heteroatoms. The molecular weight excluding hydrogens is 280 g/mol. The molecule has 2 N–H and O–H groups in total. The molecule has 0 atom stereocenters. The summed E-state index contributed by atoms with van der Waals surface area (Å²) < 4.78 is 5.68. The number of hydrogen-bond donors (Lipinski definition) is 1. The number of nitrogens with zero attached hydrogens (tertiary/aromatic N) is 1. The van der Waals surface area contributed by atoms with Crippen molar-refractivity contribution in [2.24, 2.45) is 5.73 Å². The highest BCUT2D eigenvalue weighted by molar-refractivity contribution is 7.80. The molecule has 0 radical (unpaired) electrons. The van der Waals surface area contributed by atoms with Crippen LogP contribution in [0.4, 0.5) is 0 Å². The molecule has 0 bridgehead atoms. The molecule has 98 valence electrons. The highest BCUT2D eigenvalue weighted by Gasteiger charge is 2.07. The fourth-order valence-corrected chi connectivity index (χ4v) is 2.03. The summed E-state index contributed by atoms with van der Waals surface area (Å²) in [5.41, 5.74) is 8.19. The number of benzene rings is 1. The largest absolute Gasteiger partial charge is 0.437 e. The summed E-state index contributed by atoms with van der Waals surface area (Å²) in [5, 5.41) is 0.542. The summed E-state index contributed by atoms with van der Waals surface area (Å²) in [6, 6.07) is 9.08. The third-order valence-corrected chi connectivity index (χ3v) is 3.05. The van der Waals surface area contributed by atoms with Gasteiger partial charge in [-0.25, -0.2) is 4.98 Å². The monoisotopic (exact) mass is 292 g/mol. The van der Waals surface area contributed by atoms with Crippen molar-refractivity contribution in [3.63, 3.8) is 0 Å². The lowest BCUT2D eigenvalue weighted by atomic mass is 10.2. The van der Waals surface area contributed by atoms with Gasteiger partial charge in [0.15, 0.2) is 0 Å². The smallest absolute Gasteiger partial charge is 0.220 e. The number of hydrogen-bond acceptors (Lipinski definition) is 3. The molecule has 0 amide bonds. The summed E-state index contributed by atoms with van der Waals surface area (Å²) in [6.45, 7) is 3.82. The zero-order chi connectivity index (χ0) is 14.0. The van der Waals surface area contributed by atoms with Crippen LogP contribution >= 0.6 is 23.8 Å². The van der Waals surface area contributed by atoms with E-state index >= 15 is 0 Å². The van der Waals surface area contributed by atoms with E-state index in [0.717, 1.165) is 16.8 Å². The average Bonchev–Trinajstić information content (AvgIpc) is 2.32. The third-order valence-electron chi connectivity index (χ3n) is 2.52. The fraction of sp³-hybridized carbons (Fsp3) is 0.143. The number of aromatic nitrogens is 1. The van der Waals surface area contributed by atoms with Crippen molar-refractivity contribution in [1.29, 1.82) is 0 Å². The summed E-state index contributed by atoms with van der Waals surface area (Å²) in [5.74, 6) is 0.979. The first kappa shape index (κ1) is 13.8. The van der Waals surface area contributed by atoms with Crippen LogP contribution in [0.3, 0.4) is 0 Å². The van der Waals surface area contributed by atoms with E-state index in [2.05, 4.69) is 4.98 Å². The number of ether oxygens (including phenoxy) is 1. The molecule has 3 nitrogen and oxygen atoms in total. The van der Waals surface area contributed by atoms with Gasteiger partial charge < -0.3 is 10.5 Å². The number of rotatable bonds is 3. The number of pyridine rings is 1. The molecule has 1 heterocycles. The highest BCUT2D eigenvalue weighted by atomic mass is 35.5. The third kappa shape index (κ3) is 3.43.